The lowest BCUT2D eigenvalue weighted by atomic mass is 10.2. The summed E-state index contributed by atoms with van der Waals surface area (Å²) in [7, 11) is 0.720. The molecule has 0 N–H and O–H groups in total. The van der Waals surface area contributed by atoms with Gasteiger partial charge in [0.05, 0.1) is 19.5 Å². The second kappa shape index (κ2) is 11.0. The van der Waals surface area contributed by atoms with Crippen LogP contribution in [-0.2, 0) is 20.3 Å². The Kier molecular flexibility index (Phi) is 7.79. The van der Waals surface area contributed by atoms with Gasteiger partial charge in [0.1, 0.15) is 23.3 Å². The van der Waals surface area contributed by atoms with Crippen molar-refractivity contribution >= 4 is 9.84 Å². The van der Waals surface area contributed by atoms with Gasteiger partial charge in [-0.05, 0) is 49.7 Å². The third-order valence-electron chi connectivity index (χ3n) is 5.85. The van der Waals surface area contributed by atoms with Gasteiger partial charge in [0.2, 0.25) is 5.88 Å². The molecule has 0 radical (unpaired) electrons. The zero-order valence-corrected chi connectivity index (χ0v) is 22.0. The molecule has 1 aromatic carbocycles. The number of ether oxygens (including phenoxy) is 3. The molecule has 37 heavy (non-hydrogen) atoms. The summed E-state index contributed by atoms with van der Waals surface area (Å²) in [6.45, 7) is 3.43. The van der Waals surface area contributed by atoms with Crippen LogP contribution in [0.25, 0.3) is 17.2 Å². The maximum atomic E-state index is 13.6. The van der Waals surface area contributed by atoms with Crippen molar-refractivity contribution < 1.29 is 22.6 Å². The second-order valence-corrected chi connectivity index (χ2v) is 10.7. The second-order valence-electron chi connectivity index (χ2n) is 8.33. The van der Waals surface area contributed by atoms with Gasteiger partial charge in [-0.25, -0.2) is 23.4 Å². The Morgan fingerprint density at radius 3 is 2.27 bits per heavy atom. The topological polar surface area (TPSA) is 131 Å². The molecule has 0 aliphatic rings. The number of aromatic nitrogens is 6. The van der Waals surface area contributed by atoms with Crippen LogP contribution in [0, 0.1) is 6.92 Å². The fraction of sp³-hybridized carbons (Fsp3) is 0.320. The van der Waals surface area contributed by atoms with Crippen LogP contribution in [-0.4, -0.2) is 64.7 Å². The zero-order valence-electron chi connectivity index (χ0n) is 21.2. The van der Waals surface area contributed by atoms with Gasteiger partial charge in [0.25, 0.3) is 0 Å². The largest absolute Gasteiger partial charge is 0.497 e. The first-order chi connectivity index (χ1) is 17.8. The number of pyridine rings is 1. The summed E-state index contributed by atoms with van der Waals surface area (Å²) in [5, 5.41) is 7.60. The summed E-state index contributed by atoms with van der Waals surface area (Å²) < 4.78 is 44.9. The van der Waals surface area contributed by atoms with Crippen molar-refractivity contribution in [1.29, 1.82) is 0 Å². The molecule has 3 aromatic heterocycles. The SMILES string of the molecule is COc1ccc(-n2c(CS(=O)(=O)[C@@H](C)[C@H](OC)c3ncc(C)cn3)nnc2-c2cccc(OC)n2)cc1. The monoisotopic (exact) mass is 524 g/mol. The van der Waals surface area contributed by atoms with Crippen molar-refractivity contribution in [2.24, 2.45) is 0 Å². The van der Waals surface area contributed by atoms with Crippen LogP contribution in [0.4, 0.5) is 0 Å². The summed E-state index contributed by atoms with van der Waals surface area (Å²) >= 11 is 0. The zero-order chi connectivity index (χ0) is 26.6. The molecule has 0 aliphatic carbocycles. The minimum Gasteiger partial charge on any atom is -0.497 e. The highest BCUT2D eigenvalue weighted by Crippen LogP contribution is 2.29. The molecule has 0 saturated carbocycles. The molecule has 0 amide bonds. The highest BCUT2D eigenvalue weighted by atomic mass is 32.2. The first-order valence-corrected chi connectivity index (χ1v) is 13.1. The lowest BCUT2D eigenvalue weighted by molar-refractivity contribution is 0.0947. The Hall–Kier alpha value is -3.90. The fourth-order valence-electron chi connectivity index (χ4n) is 3.79. The Labute approximate surface area is 215 Å². The Morgan fingerprint density at radius 2 is 1.65 bits per heavy atom. The molecule has 12 heteroatoms. The van der Waals surface area contributed by atoms with Crippen LogP contribution in [0.2, 0.25) is 0 Å². The van der Waals surface area contributed by atoms with E-state index in [1.54, 1.807) is 73.5 Å². The molecule has 2 atom stereocenters. The molecular formula is C25H28N6O5S. The molecule has 194 valence electrons. The summed E-state index contributed by atoms with van der Waals surface area (Å²) in [5.41, 5.74) is 1.98. The molecule has 4 rings (SSSR count). The average molecular weight is 525 g/mol. The molecule has 3 heterocycles. The van der Waals surface area contributed by atoms with Crippen LogP contribution in [0.5, 0.6) is 11.6 Å². The molecule has 4 aromatic rings. The minimum atomic E-state index is -3.81. The lowest BCUT2D eigenvalue weighted by Gasteiger charge is -2.21. The van der Waals surface area contributed by atoms with Crippen molar-refractivity contribution in [3.05, 3.63) is 72.1 Å². The minimum absolute atomic E-state index is 0.219. The Bertz CT molecular complexity index is 1460. The summed E-state index contributed by atoms with van der Waals surface area (Å²) in [6, 6.07) is 12.4. The van der Waals surface area contributed by atoms with Gasteiger partial charge >= 0.3 is 0 Å². The molecule has 0 spiro atoms. The van der Waals surface area contributed by atoms with Crippen LogP contribution < -0.4 is 9.47 Å². The number of aryl methyl sites for hydroxylation is 1. The number of hydrogen-bond donors (Lipinski definition) is 0. The number of sulfone groups is 1. The van der Waals surface area contributed by atoms with E-state index in [2.05, 4.69) is 25.1 Å². The lowest BCUT2D eigenvalue weighted by Crippen LogP contribution is -2.30. The normalized spacial score (nSPS) is 13.2. The van der Waals surface area contributed by atoms with E-state index < -0.39 is 26.9 Å². The quantitative estimate of drug-likeness (QED) is 0.305. The van der Waals surface area contributed by atoms with Crippen molar-refractivity contribution in [3.63, 3.8) is 0 Å². The molecule has 0 saturated heterocycles. The van der Waals surface area contributed by atoms with Crippen molar-refractivity contribution in [2.45, 2.75) is 31.0 Å². The molecule has 0 bridgehead atoms. The van der Waals surface area contributed by atoms with Crippen molar-refractivity contribution in [1.82, 2.24) is 29.7 Å². The van der Waals surface area contributed by atoms with E-state index >= 15 is 0 Å². The van der Waals surface area contributed by atoms with Crippen LogP contribution in [0.3, 0.4) is 0 Å². The maximum Gasteiger partial charge on any atom is 0.213 e. The van der Waals surface area contributed by atoms with Gasteiger partial charge in [-0.2, -0.15) is 0 Å². The predicted octanol–water partition coefficient (Wildman–Crippen LogP) is 3.14. The summed E-state index contributed by atoms with van der Waals surface area (Å²) in [5.74, 6) is 1.53. The van der Waals surface area contributed by atoms with E-state index in [9.17, 15) is 8.42 Å². The Balaban J connectivity index is 1.76. The van der Waals surface area contributed by atoms with E-state index in [0.717, 1.165) is 5.56 Å². The van der Waals surface area contributed by atoms with E-state index in [4.69, 9.17) is 14.2 Å². The smallest absolute Gasteiger partial charge is 0.213 e. The van der Waals surface area contributed by atoms with Crippen LogP contribution in [0.15, 0.2) is 54.9 Å². The van der Waals surface area contributed by atoms with E-state index in [1.165, 1.54) is 14.2 Å². The number of nitrogens with zero attached hydrogens (tertiary/aromatic N) is 6. The van der Waals surface area contributed by atoms with Gasteiger partial charge in [0, 0.05) is 31.3 Å². The first kappa shape index (κ1) is 26.2. The summed E-state index contributed by atoms with van der Waals surface area (Å²) in [6.07, 6.45) is 2.39. The molecule has 0 aliphatic heterocycles. The van der Waals surface area contributed by atoms with E-state index in [-0.39, 0.29) is 5.82 Å². The third kappa shape index (κ3) is 5.59. The number of hydrogen-bond acceptors (Lipinski definition) is 10. The Morgan fingerprint density at radius 1 is 0.946 bits per heavy atom. The fourth-order valence-corrected chi connectivity index (χ4v) is 5.21. The number of benzene rings is 1. The molecule has 0 unspecified atom stereocenters. The molecule has 0 fully saturated rings. The summed E-state index contributed by atoms with van der Waals surface area (Å²) in [4.78, 5) is 13.0. The highest BCUT2D eigenvalue weighted by Gasteiger charge is 2.34. The van der Waals surface area contributed by atoms with Gasteiger partial charge in [-0.1, -0.05) is 6.07 Å². The van der Waals surface area contributed by atoms with Crippen LogP contribution in [0.1, 0.15) is 30.2 Å². The third-order valence-corrected chi connectivity index (χ3v) is 7.90. The van der Waals surface area contributed by atoms with E-state index in [0.29, 0.717) is 34.7 Å². The van der Waals surface area contributed by atoms with Gasteiger partial charge in [-0.15, -0.1) is 10.2 Å². The van der Waals surface area contributed by atoms with Crippen molar-refractivity contribution in [2.75, 3.05) is 21.3 Å². The number of methoxy groups -OCH3 is 3. The van der Waals surface area contributed by atoms with E-state index in [1.807, 2.05) is 6.92 Å². The van der Waals surface area contributed by atoms with Gasteiger partial charge < -0.3 is 14.2 Å². The van der Waals surface area contributed by atoms with Crippen molar-refractivity contribution in [3.8, 4) is 28.8 Å². The average Bonchev–Trinajstić information content (AvgIpc) is 3.32. The number of rotatable bonds is 10. The standard InChI is InChI=1S/C25H28N6O5S/c1-16-13-26-24(27-14-16)23(36-5)17(2)37(32,33)15-21-29-30-25(20-7-6-8-22(28-20)35-4)31(21)18-9-11-19(34-3)12-10-18/h6-14,17,23H,15H2,1-5H3/t17-,23-/m0/s1. The maximum absolute atomic E-state index is 13.6. The van der Waals surface area contributed by atoms with Crippen LogP contribution >= 0.6 is 0 Å². The molecular weight excluding hydrogens is 496 g/mol. The molecule has 11 nitrogen and oxygen atoms in total. The highest BCUT2D eigenvalue weighted by molar-refractivity contribution is 7.91. The van der Waals surface area contributed by atoms with Gasteiger partial charge in [0.15, 0.2) is 27.3 Å². The van der Waals surface area contributed by atoms with Gasteiger partial charge in [-0.3, -0.25) is 4.57 Å². The first-order valence-electron chi connectivity index (χ1n) is 11.4. The predicted molar refractivity (Wildman–Crippen MR) is 136 cm³/mol.